The van der Waals surface area contributed by atoms with Crippen LogP contribution >= 0.6 is 0 Å². The van der Waals surface area contributed by atoms with Gasteiger partial charge >= 0.3 is 0 Å². The summed E-state index contributed by atoms with van der Waals surface area (Å²) in [6.07, 6.45) is 1.31. The lowest BCUT2D eigenvalue weighted by molar-refractivity contribution is -0.121. The number of rotatable bonds is 1. The second-order valence-corrected chi connectivity index (χ2v) is 3.92. The highest BCUT2D eigenvalue weighted by Crippen LogP contribution is 2.14. The van der Waals surface area contributed by atoms with Gasteiger partial charge in [-0.1, -0.05) is 0 Å². The van der Waals surface area contributed by atoms with Crippen molar-refractivity contribution >= 4 is 11.7 Å². The molecule has 1 aliphatic heterocycles. The third kappa shape index (κ3) is 2.21. The summed E-state index contributed by atoms with van der Waals surface area (Å²) in [5.41, 5.74) is 0.507. The van der Waals surface area contributed by atoms with Crippen molar-refractivity contribution in [1.29, 1.82) is 0 Å². The number of Topliss-reactive ketones (excluding diaryl/α,β-unsaturated/α-hetero) is 1. The topological polar surface area (TPSA) is 57.6 Å². The Balaban J connectivity index is 2.12. The van der Waals surface area contributed by atoms with Crippen molar-refractivity contribution in [3.05, 3.63) is 29.8 Å². The van der Waals surface area contributed by atoms with E-state index in [4.69, 9.17) is 5.11 Å². The van der Waals surface area contributed by atoms with E-state index in [9.17, 15) is 9.59 Å². The van der Waals surface area contributed by atoms with E-state index in [1.165, 1.54) is 12.1 Å². The number of benzene rings is 1. The molecule has 84 valence electrons. The maximum Gasteiger partial charge on any atom is 0.254 e. The number of aromatic hydroxyl groups is 1. The van der Waals surface area contributed by atoms with Gasteiger partial charge in [-0.3, -0.25) is 9.59 Å². The maximum absolute atomic E-state index is 11.9. The van der Waals surface area contributed by atoms with E-state index in [1.807, 2.05) is 0 Å². The first-order valence-electron chi connectivity index (χ1n) is 5.27. The van der Waals surface area contributed by atoms with Crippen molar-refractivity contribution in [2.24, 2.45) is 0 Å². The Hall–Kier alpha value is -1.84. The van der Waals surface area contributed by atoms with E-state index in [-0.39, 0.29) is 24.0 Å². The molecule has 1 N–H and O–H groups in total. The Morgan fingerprint density at radius 1 is 1.25 bits per heavy atom. The van der Waals surface area contributed by atoms with Gasteiger partial charge in [0.15, 0.2) is 5.78 Å². The Kier molecular flexibility index (Phi) is 2.90. The van der Waals surface area contributed by atoms with Crippen LogP contribution in [-0.4, -0.2) is 34.8 Å². The standard InChI is InChI=1S/C12H13NO3/c14-10-5-3-9(4-6-10)12(16)13-7-1-2-11(15)8-13/h3-6,14H,1-2,7-8H2. The number of amides is 1. The minimum atomic E-state index is -0.145. The summed E-state index contributed by atoms with van der Waals surface area (Å²) in [6.45, 7) is 0.838. The molecule has 1 aromatic carbocycles. The highest BCUT2D eigenvalue weighted by atomic mass is 16.3. The summed E-state index contributed by atoms with van der Waals surface area (Å²) >= 11 is 0. The number of phenolic OH excluding ortho intramolecular Hbond substituents is 1. The van der Waals surface area contributed by atoms with E-state index < -0.39 is 0 Å². The highest BCUT2D eigenvalue weighted by Gasteiger charge is 2.22. The molecule has 1 amide bonds. The summed E-state index contributed by atoms with van der Waals surface area (Å²) in [5.74, 6) is 0.0951. The van der Waals surface area contributed by atoms with Crippen LogP contribution in [0.25, 0.3) is 0 Å². The zero-order chi connectivity index (χ0) is 11.5. The van der Waals surface area contributed by atoms with Crippen molar-refractivity contribution in [3.63, 3.8) is 0 Å². The van der Waals surface area contributed by atoms with Crippen LogP contribution in [0.2, 0.25) is 0 Å². The fourth-order valence-corrected chi connectivity index (χ4v) is 1.80. The molecule has 2 rings (SSSR count). The fourth-order valence-electron chi connectivity index (χ4n) is 1.80. The van der Waals surface area contributed by atoms with Crippen molar-refractivity contribution in [2.45, 2.75) is 12.8 Å². The molecule has 0 radical (unpaired) electrons. The number of carbonyl (C=O) groups excluding carboxylic acids is 2. The number of nitrogens with zero attached hydrogens (tertiary/aromatic N) is 1. The highest BCUT2D eigenvalue weighted by molar-refractivity contribution is 5.97. The minimum absolute atomic E-state index is 0.110. The third-order valence-electron chi connectivity index (χ3n) is 2.65. The van der Waals surface area contributed by atoms with Gasteiger partial charge in [-0.15, -0.1) is 0 Å². The normalized spacial score (nSPS) is 16.2. The Bertz CT molecular complexity index is 411. The molecule has 0 aromatic heterocycles. The van der Waals surface area contributed by atoms with Crippen LogP contribution in [0, 0.1) is 0 Å². The Labute approximate surface area is 93.5 Å². The molecule has 0 aliphatic carbocycles. The van der Waals surface area contributed by atoms with Gasteiger partial charge in [-0.2, -0.15) is 0 Å². The van der Waals surface area contributed by atoms with Crippen molar-refractivity contribution in [3.8, 4) is 5.75 Å². The first-order valence-corrected chi connectivity index (χ1v) is 5.27. The van der Waals surface area contributed by atoms with Crippen LogP contribution in [0.4, 0.5) is 0 Å². The lowest BCUT2D eigenvalue weighted by Gasteiger charge is -2.25. The van der Waals surface area contributed by atoms with Gasteiger partial charge in [-0.25, -0.2) is 0 Å². The van der Waals surface area contributed by atoms with E-state index in [0.717, 1.165) is 6.42 Å². The molecular formula is C12H13NO3. The molecule has 4 nitrogen and oxygen atoms in total. The summed E-state index contributed by atoms with van der Waals surface area (Å²) in [7, 11) is 0. The van der Waals surface area contributed by atoms with Crippen molar-refractivity contribution in [2.75, 3.05) is 13.1 Å². The number of phenols is 1. The number of carbonyl (C=O) groups is 2. The van der Waals surface area contributed by atoms with Crippen LogP contribution in [0.3, 0.4) is 0 Å². The predicted octanol–water partition coefficient (Wildman–Crippen LogP) is 1.20. The molecule has 4 heteroatoms. The first kappa shape index (κ1) is 10.7. The number of hydrogen-bond donors (Lipinski definition) is 1. The molecule has 1 aromatic rings. The Morgan fingerprint density at radius 3 is 2.56 bits per heavy atom. The van der Waals surface area contributed by atoms with Gasteiger partial charge in [-0.05, 0) is 30.7 Å². The molecule has 16 heavy (non-hydrogen) atoms. The van der Waals surface area contributed by atoms with Gasteiger partial charge < -0.3 is 10.0 Å². The largest absolute Gasteiger partial charge is 0.508 e. The molecule has 1 aliphatic rings. The SMILES string of the molecule is O=C1CCCN(C(=O)c2ccc(O)cc2)C1. The second kappa shape index (κ2) is 4.35. The molecule has 0 bridgehead atoms. The monoisotopic (exact) mass is 219 g/mol. The summed E-state index contributed by atoms with van der Waals surface area (Å²) < 4.78 is 0. The lowest BCUT2D eigenvalue weighted by Crippen LogP contribution is -2.40. The van der Waals surface area contributed by atoms with E-state index in [1.54, 1.807) is 17.0 Å². The predicted molar refractivity (Wildman–Crippen MR) is 58.3 cm³/mol. The fraction of sp³-hybridized carbons (Fsp3) is 0.333. The third-order valence-corrected chi connectivity index (χ3v) is 2.65. The zero-order valence-corrected chi connectivity index (χ0v) is 8.85. The van der Waals surface area contributed by atoms with Crippen LogP contribution < -0.4 is 0 Å². The molecule has 0 spiro atoms. The Morgan fingerprint density at radius 2 is 1.94 bits per heavy atom. The average molecular weight is 219 g/mol. The van der Waals surface area contributed by atoms with Crippen molar-refractivity contribution < 1.29 is 14.7 Å². The number of hydrogen-bond acceptors (Lipinski definition) is 3. The number of piperidine rings is 1. The minimum Gasteiger partial charge on any atom is -0.508 e. The molecule has 0 atom stereocenters. The number of ketones is 1. The average Bonchev–Trinajstić information content (AvgIpc) is 2.29. The van der Waals surface area contributed by atoms with Gasteiger partial charge in [0.2, 0.25) is 0 Å². The second-order valence-electron chi connectivity index (χ2n) is 3.92. The van der Waals surface area contributed by atoms with Crippen LogP contribution in [0.1, 0.15) is 23.2 Å². The van der Waals surface area contributed by atoms with Crippen molar-refractivity contribution in [1.82, 2.24) is 4.90 Å². The van der Waals surface area contributed by atoms with Gasteiger partial charge in [0.25, 0.3) is 5.91 Å². The van der Waals surface area contributed by atoms with E-state index in [0.29, 0.717) is 18.5 Å². The van der Waals surface area contributed by atoms with Crippen LogP contribution in [0.5, 0.6) is 5.75 Å². The molecular weight excluding hydrogens is 206 g/mol. The summed E-state index contributed by atoms with van der Waals surface area (Å²) in [6, 6.07) is 6.07. The van der Waals surface area contributed by atoms with Gasteiger partial charge in [0.1, 0.15) is 5.75 Å². The first-order chi connectivity index (χ1) is 7.66. The smallest absolute Gasteiger partial charge is 0.254 e. The quantitative estimate of drug-likeness (QED) is 0.772. The van der Waals surface area contributed by atoms with Crippen LogP contribution in [-0.2, 0) is 4.79 Å². The molecule has 1 fully saturated rings. The molecule has 0 saturated carbocycles. The van der Waals surface area contributed by atoms with Gasteiger partial charge in [0, 0.05) is 18.5 Å². The molecule has 0 unspecified atom stereocenters. The molecule has 1 heterocycles. The van der Waals surface area contributed by atoms with E-state index >= 15 is 0 Å². The van der Waals surface area contributed by atoms with E-state index in [2.05, 4.69) is 0 Å². The molecule has 1 saturated heterocycles. The number of likely N-dealkylation sites (tertiary alicyclic amines) is 1. The summed E-state index contributed by atoms with van der Waals surface area (Å²) in [4.78, 5) is 24.7. The van der Waals surface area contributed by atoms with Gasteiger partial charge in [0.05, 0.1) is 6.54 Å². The summed E-state index contributed by atoms with van der Waals surface area (Å²) in [5, 5.41) is 9.11. The lowest BCUT2D eigenvalue weighted by atomic mass is 10.1. The maximum atomic E-state index is 11.9. The zero-order valence-electron chi connectivity index (χ0n) is 8.85. The van der Waals surface area contributed by atoms with Crippen LogP contribution in [0.15, 0.2) is 24.3 Å².